The SMILES string of the molecule is O=C1OCC[C@@H]1Sc1nnc(COc2ccccc2Cl)n1-c1ccccc1. The number of aromatic nitrogens is 3. The molecule has 0 bridgehead atoms. The molecule has 1 aliphatic rings. The van der Waals surface area contributed by atoms with Crippen molar-refractivity contribution in [1.29, 1.82) is 0 Å². The van der Waals surface area contributed by atoms with Gasteiger partial charge in [0.25, 0.3) is 0 Å². The summed E-state index contributed by atoms with van der Waals surface area (Å²) < 4.78 is 12.8. The lowest BCUT2D eigenvalue weighted by atomic mass is 10.3. The third-order valence-electron chi connectivity index (χ3n) is 4.04. The Morgan fingerprint density at radius 2 is 1.93 bits per heavy atom. The highest BCUT2D eigenvalue weighted by Crippen LogP contribution is 2.31. The van der Waals surface area contributed by atoms with Crippen LogP contribution in [0.25, 0.3) is 5.69 Å². The van der Waals surface area contributed by atoms with Crippen molar-refractivity contribution < 1.29 is 14.3 Å². The van der Waals surface area contributed by atoms with Crippen LogP contribution in [0.2, 0.25) is 5.02 Å². The van der Waals surface area contributed by atoms with Crippen LogP contribution in [0.1, 0.15) is 12.2 Å². The fraction of sp³-hybridized carbons (Fsp3) is 0.211. The zero-order valence-electron chi connectivity index (χ0n) is 14.2. The van der Waals surface area contributed by atoms with Gasteiger partial charge in [-0.1, -0.05) is 53.7 Å². The molecule has 0 unspecified atom stereocenters. The molecule has 2 aromatic carbocycles. The predicted octanol–water partition coefficient (Wildman–Crippen LogP) is 3.91. The van der Waals surface area contributed by atoms with Gasteiger partial charge >= 0.3 is 5.97 Å². The molecule has 1 atom stereocenters. The maximum absolute atomic E-state index is 11.8. The van der Waals surface area contributed by atoms with E-state index in [9.17, 15) is 4.79 Å². The van der Waals surface area contributed by atoms with Gasteiger partial charge in [-0.25, -0.2) is 0 Å². The first-order valence-corrected chi connectivity index (χ1v) is 9.68. The van der Waals surface area contributed by atoms with Crippen LogP contribution in [0.3, 0.4) is 0 Å². The number of carbonyl (C=O) groups excluding carboxylic acids is 1. The number of hydrogen-bond donors (Lipinski definition) is 0. The number of esters is 1. The number of nitrogens with zero attached hydrogens (tertiary/aromatic N) is 3. The second-order valence-corrected chi connectivity index (χ2v) is 7.43. The van der Waals surface area contributed by atoms with Crippen molar-refractivity contribution in [3.63, 3.8) is 0 Å². The van der Waals surface area contributed by atoms with E-state index < -0.39 is 0 Å². The van der Waals surface area contributed by atoms with E-state index in [4.69, 9.17) is 21.1 Å². The fourth-order valence-electron chi connectivity index (χ4n) is 2.72. The summed E-state index contributed by atoms with van der Waals surface area (Å²) in [7, 11) is 0. The van der Waals surface area contributed by atoms with Crippen LogP contribution < -0.4 is 4.74 Å². The summed E-state index contributed by atoms with van der Waals surface area (Å²) in [5.74, 6) is 0.988. The molecule has 1 fully saturated rings. The van der Waals surface area contributed by atoms with Gasteiger partial charge in [-0.15, -0.1) is 10.2 Å². The fourth-order valence-corrected chi connectivity index (χ4v) is 3.95. The number of rotatable bonds is 6. The predicted molar refractivity (Wildman–Crippen MR) is 102 cm³/mol. The summed E-state index contributed by atoms with van der Waals surface area (Å²) >= 11 is 7.52. The topological polar surface area (TPSA) is 66.2 Å². The first kappa shape index (κ1) is 17.9. The van der Waals surface area contributed by atoms with Gasteiger partial charge in [0, 0.05) is 12.1 Å². The summed E-state index contributed by atoms with van der Waals surface area (Å²) in [5, 5.41) is 9.45. The third kappa shape index (κ3) is 3.94. The van der Waals surface area contributed by atoms with E-state index in [0.717, 1.165) is 5.69 Å². The second-order valence-electron chi connectivity index (χ2n) is 5.85. The molecule has 6 nitrogen and oxygen atoms in total. The Bertz CT molecular complexity index is 948. The average Bonchev–Trinajstić information content (AvgIpc) is 3.28. The molecule has 0 aliphatic carbocycles. The number of benzene rings is 2. The summed E-state index contributed by atoms with van der Waals surface area (Å²) in [6.07, 6.45) is 0.663. The number of ether oxygens (including phenoxy) is 2. The van der Waals surface area contributed by atoms with Crippen molar-refractivity contribution in [3.05, 3.63) is 65.4 Å². The Morgan fingerprint density at radius 3 is 2.67 bits per heavy atom. The van der Waals surface area contributed by atoms with E-state index in [1.54, 1.807) is 12.1 Å². The van der Waals surface area contributed by atoms with Crippen LogP contribution in [-0.2, 0) is 16.1 Å². The van der Waals surface area contributed by atoms with Crippen molar-refractivity contribution in [2.45, 2.75) is 23.4 Å². The normalized spacial score (nSPS) is 16.3. The average molecular weight is 402 g/mol. The van der Waals surface area contributed by atoms with E-state index >= 15 is 0 Å². The van der Waals surface area contributed by atoms with Gasteiger partial charge in [0.2, 0.25) is 0 Å². The van der Waals surface area contributed by atoms with E-state index in [0.29, 0.717) is 34.8 Å². The number of halogens is 1. The molecular formula is C19H16ClN3O3S. The monoisotopic (exact) mass is 401 g/mol. The summed E-state index contributed by atoms with van der Waals surface area (Å²) in [6, 6.07) is 17.0. The van der Waals surface area contributed by atoms with Gasteiger partial charge in [0.05, 0.1) is 11.6 Å². The third-order valence-corrected chi connectivity index (χ3v) is 5.54. The molecule has 1 aromatic heterocycles. The molecule has 0 spiro atoms. The molecular weight excluding hydrogens is 386 g/mol. The van der Waals surface area contributed by atoms with E-state index in [1.165, 1.54) is 11.8 Å². The number of thioether (sulfide) groups is 1. The van der Waals surface area contributed by atoms with Crippen molar-refractivity contribution in [2.75, 3.05) is 6.61 Å². The van der Waals surface area contributed by atoms with E-state index in [2.05, 4.69) is 10.2 Å². The highest BCUT2D eigenvalue weighted by atomic mass is 35.5. The Labute approximate surface area is 165 Å². The van der Waals surface area contributed by atoms with Gasteiger partial charge in [-0.2, -0.15) is 0 Å². The number of hydrogen-bond acceptors (Lipinski definition) is 6. The molecule has 138 valence electrons. The molecule has 0 saturated carbocycles. The molecule has 27 heavy (non-hydrogen) atoms. The molecule has 0 radical (unpaired) electrons. The molecule has 8 heteroatoms. The maximum atomic E-state index is 11.8. The van der Waals surface area contributed by atoms with Gasteiger partial charge in [0.15, 0.2) is 11.0 Å². The zero-order valence-corrected chi connectivity index (χ0v) is 15.8. The summed E-state index contributed by atoms with van der Waals surface area (Å²) in [4.78, 5) is 11.8. The number of para-hydroxylation sites is 2. The molecule has 4 rings (SSSR count). The molecule has 0 N–H and O–H groups in total. The minimum atomic E-state index is -0.269. The Morgan fingerprint density at radius 1 is 1.15 bits per heavy atom. The van der Waals surface area contributed by atoms with Crippen molar-refractivity contribution in [1.82, 2.24) is 14.8 Å². The van der Waals surface area contributed by atoms with Gasteiger partial charge in [-0.3, -0.25) is 9.36 Å². The van der Waals surface area contributed by atoms with Crippen LogP contribution in [0.5, 0.6) is 5.75 Å². The molecule has 1 saturated heterocycles. The van der Waals surface area contributed by atoms with E-state index in [1.807, 2.05) is 47.0 Å². The van der Waals surface area contributed by atoms with Gasteiger partial charge in [-0.05, 0) is 24.3 Å². The first-order chi connectivity index (χ1) is 13.2. The maximum Gasteiger partial charge on any atom is 0.319 e. The second kappa shape index (κ2) is 8.02. The standard InChI is InChI=1S/C19H16ClN3O3S/c20-14-8-4-5-9-15(14)26-12-17-21-22-19(27-16-10-11-25-18(16)24)23(17)13-6-2-1-3-7-13/h1-9,16H,10-12H2/t16-/m0/s1. The largest absolute Gasteiger partial charge is 0.484 e. The molecule has 0 amide bonds. The number of carbonyl (C=O) groups is 1. The van der Waals surface area contributed by atoms with Crippen molar-refractivity contribution >= 4 is 29.3 Å². The quantitative estimate of drug-likeness (QED) is 0.583. The lowest BCUT2D eigenvalue weighted by Crippen LogP contribution is -2.12. The number of cyclic esters (lactones) is 1. The highest BCUT2D eigenvalue weighted by Gasteiger charge is 2.30. The Balaban J connectivity index is 1.63. The van der Waals surface area contributed by atoms with Crippen molar-refractivity contribution in [2.24, 2.45) is 0 Å². The van der Waals surface area contributed by atoms with Crippen LogP contribution in [-0.4, -0.2) is 32.6 Å². The zero-order chi connectivity index (χ0) is 18.6. The lowest BCUT2D eigenvalue weighted by molar-refractivity contribution is -0.137. The minimum Gasteiger partial charge on any atom is -0.484 e. The highest BCUT2D eigenvalue weighted by molar-refractivity contribution is 8.00. The smallest absolute Gasteiger partial charge is 0.319 e. The van der Waals surface area contributed by atoms with Gasteiger partial charge < -0.3 is 9.47 Å². The molecule has 3 aromatic rings. The molecule has 2 heterocycles. The van der Waals surface area contributed by atoms with Crippen LogP contribution >= 0.6 is 23.4 Å². The van der Waals surface area contributed by atoms with Gasteiger partial charge in [0.1, 0.15) is 17.6 Å². The molecule has 1 aliphatic heterocycles. The van der Waals surface area contributed by atoms with Crippen molar-refractivity contribution in [3.8, 4) is 11.4 Å². The van der Waals surface area contributed by atoms with E-state index in [-0.39, 0.29) is 17.8 Å². The first-order valence-electron chi connectivity index (χ1n) is 8.43. The summed E-state index contributed by atoms with van der Waals surface area (Å²) in [6.45, 7) is 0.639. The Hall–Kier alpha value is -2.51. The van der Waals surface area contributed by atoms with Crippen LogP contribution in [0, 0.1) is 0 Å². The lowest BCUT2D eigenvalue weighted by Gasteiger charge is -2.12. The Kier molecular flexibility index (Phi) is 5.31. The van der Waals surface area contributed by atoms with Crippen LogP contribution in [0.4, 0.5) is 0 Å². The summed E-state index contributed by atoms with van der Waals surface area (Å²) in [5.41, 5.74) is 0.897. The minimum absolute atomic E-state index is 0.196. The van der Waals surface area contributed by atoms with Crippen LogP contribution in [0.15, 0.2) is 59.8 Å².